The van der Waals surface area contributed by atoms with E-state index in [1.807, 2.05) is 7.05 Å². The third-order valence-electron chi connectivity index (χ3n) is 3.35. The first-order valence-electron chi connectivity index (χ1n) is 6.38. The smallest absolute Gasteiger partial charge is 0.00161 e. The van der Waals surface area contributed by atoms with Gasteiger partial charge in [0.2, 0.25) is 0 Å². The summed E-state index contributed by atoms with van der Waals surface area (Å²) < 4.78 is 0. The summed E-state index contributed by atoms with van der Waals surface area (Å²) in [5.74, 6) is 0.943. The zero-order valence-corrected chi connectivity index (χ0v) is 10.3. The van der Waals surface area contributed by atoms with E-state index in [-0.39, 0.29) is 0 Å². The van der Waals surface area contributed by atoms with Crippen LogP contribution in [0.5, 0.6) is 0 Å². The van der Waals surface area contributed by atoms with Crippen molar-refractivity contribution in [3.8, 4) is 0 Å². The normalized spacial score (nSPS) is 20.1. The Kier molecular flexibility index (Phi) is 6.69. The number of hydrogen-bond donors (Lipinski definition) is 1. The van der Waals surface area contributed by atoms with Crippen LogP contribution < -0.4 is 5.32 Å². The summed E-state index contributed by atoms with van der Waals surface area (Å²) in [6.07, 6.45) is 9.95. The number of likely N-dealkylation sites (tertiary alicyclic amines) is 1. The van der Waals surface area contributed by atoms with Crippen molar-refractivity contribution in [2.24, 2.45) is 5.92 Å². The Hall–Kier alpha value is -0.340. The molecule has 2 heteroatoms. The van der Waals surface area contributed by atoms with Gasteiger partial charge in [-0.2, -0.15) is 0 Å². The van der Waals surface area contributed by atoms with Gasteiger partial charge in [0.1, 0.15) is 0 Å². The Balaban J connectivity index is 2.05. The molecule has 0 atom stereocenters. The van der Waals surface area contributed by atoms with Crippen LogP contribution in [0.2, 0.25) is 0 Å². The molecule has 0 bridgehead atoms. The first kappa shape index (κ1) is 12.7. The molecule has 0 radical (unpaired) electrons. The molecule has 0 spiro atoms. The maximum atomic E-state index is 3.16. The molecule has 0 aromatic carbocycles. The lowest BCUT2D eigenvalue weighted by molar-refractivity contribution is 0.193. The van der Waals surface area contributed by atoms with Crippen molar-refractivity contribution in [3.05, 3.63) is 12.2 Å². The number of allylic oxidation sites excluding steroid dienone is 1. The van der Waals surface area contributed by atoms with Gasteiger partial charge in [0, 0.05) is 0 Å². The van der Waals surface area contributed by atoms with Crippen molar-refractivity contribution in [2.45, 2.75) is 32.6 Å². The average Bonchev–Trinajstić information content (AvgIpc) is 2.30. The molecule has 88 valence electrons. The lowest BCUT2D eigenvalue weighted by atomic mass is 9.93. The predicted octanol–water partition coefficient (Wildman–Crippen LogP) is 2.27. The molecule has 1 aliphatic heterocycles. The first-order chi connectivity index (χ1) is 7.36. The molecule has 1 heterocycles. The van der Waals surface area contributed by atoms with E-state index in [0.29, 0.717) is 0 Å². The Labute approximate surface area is 94.7 Å². The molecule has 1 fully saturated rings. The van der Waals surface area contributed by atoms with Gasteiger partial charge in [-0.05, 0) is 64.8 Å². The highest BCUT2D eigenvalue weighted by Crippen LogP contribution is 2.20. The lowest BCUT2D eigenvalue weighted by Crippen LogP contribution is -2.33. The van der Waals surface area contributed by atoms with E-state index in [1.54, 1.807) is 0 Å². The number of nitrogens with zero attached hydrogens (tertiary/aromatic N) is 1. The summed E-state index contributed by atoms with van der Waals surface area (Å²) in [5, 5.41) is 3.16. The molecule has 15 heavy (non-hydrogen) atoms. The molecule has 2 nitrogen and oxygen atoms in total. The van der Waals surface area contributed by atoms with Crippen molar-refractivity contribution < 1.29 is 0 Å². The molecular formula is C13H26N2. The average molecular weight is 210 g/mol. The van der Waals surface area contributed by atoms with Crippen LogP contribution in [0.3, 0.4) is 0 Å². The van der Waals surface area contributed by atoms with Gasteiger partial charge >= 0.3 is 0 Å². The largest absolute Gasteiger partial charge is 0.319 e. The molecule has 1 N–H and O–H groups in total. The van der Waals surface area contributed by atoms with Crippen LogP contribution in [0.25, 0.3) is 0 Å². The molecule has 0 aromatic rings. The van der Waals surface area contributed by atoms with Crippen LogP contribution >= 0.6 is 0 Å². The zero-order valence-electron chi connectivity index (χ0n) is 10.3. The van der Waals surface area contributed by atoms with Gasteiger partial charge in [-0.1, -0.05) is 19.1 Å². The van der Waals surface area contributed by atoms with Gasteiger partial charge in [0.15, 0.2) is 0 Å². The summed E-state index contributed by atoms with van der Waals surface area (Å²) in [6.45, 7) is 7.21. The maximum Gasteiger partial charge on any atom is -0.00161 e. The maximum absolute atomic E-state index is 3.16. The van der Waals surface area contributed by atoms with E-state index in [2.05, 4.69) is 29.3 Å². The molecule has 1 saturated heterocycles. The number of nitrogens with one attached hydrogen (secondary N) is 1. The molecule has 1 rings (SSSR count). The van der Waals surface area contributed by atoms with Crippen LogP contribution in [0, 0.1) is 5.92 Å². The molecule has 1 aliphatic rings. The van der Waals surface area contributed by atoms with Crippen molar-refractivity contribution in [3.63, 3.8) is 0 Å². The number of hydrogen-bond acceptors (Lipinski definition) is 2. The highest BCUT2D eigenvalue weighted by molar-refractivity contribution is 4.86. The quantitative estimate of drug-likeness (QED) is 0.534. The minimum atomic E-state index is 0.943. The highest BCUT2D eigenvalue weighted by Gasteiger charge is 2.16. The van der Waals surface area contributed by atoms with Gasteiger partial charge in [-0.3, -0.25) is 0 Å². The van der Waals surface area contributed by atoms with Crippen molar-refractivity contribution in [1.29, 1.82) is 0 Å². The topological polar surface area (TPSA) is 15.3 Å². The zero-order chi connectivity index (χ0) is 10.9. The standard InChI is InChI=1S/C13H26N2/c1-3-15-11-8-13(9-12-15)7-5-4-6-10-14-2/h4-5,13-14H,3,6-12H2,1-2H3/b5-4-. The fourth-order valence-electron chi connectivity index (χ4n) is 2.17. The van der Waals surface area contributed by atoms with E-state index in [4.69, 9.17) is 0 Å². The van der Waals surface area contributed by atoms with Crippen molar-refractivity contribution in [1.82, 2.24) is 10.2 Å². The van der Waals surface area contributed by atoms with Crippen molar-refractivity contribution in [2.75, 3.05) is 33.2 Å². The summed E-state index contributed by atoms with van der Waals surface area (Å²) >= 11 is 0. The van der Waals surface area contributed by atoms with Crippen LogP contribution in [-0.2, 0) is 0 Å². The molecule has 0 aromatic heterocycles. The van der Waals surface area contributed by atoms with Crippen LogP contribution in [0.4, 0.5) is 0 Å². The summed E-state index contributed by atoms with van der Waals surface area (Å²) in [5.41, 5.74) is 0. The van der Waals surface area contributed by atoms with Gasteiger partial charge in [0.05, 0.1) is 0 Å². The van der Waals surface area contributed by atoms with Crippen molar-refractivity contribution >= 4 is 0 Å². The van der Waals surface area contributed by atoms with E-state index in [0.717, 1.165) is 12.5 Å². The van der Waals surface area contributed by atoms with Gasteiger partial charge in [-0.25, -0.2) is 0 Å². The minimum Gasteiger partial charge on any atom is -0.319 e. The second-order valence-corrected chi connectivity index (χ2v) is 4.48. The minimum absolute atomic E-state index is 0.943. The van der Waals surface area contributed by atoms with Crippen LogP contribution in [0.1, 0.15) is 32.6 Å². The second kappa shape index (κ2) is 7.89. The monoisotopic (exact) mass is 210 g/mol. The number of rotatable bonds is 6. The Morgan fingerprint density at radius 1 is 1.27 bits per heavy atom. The summed E-state index contributed by atoms with van der Waals surface area (Å²) in [7, 11) is 2.01. The van der Waals surface area contributed by atoms with Crippen LogP contribution in [0.15, 0.2) is 12.2 Å². The van der Waals surface area contributed by atoms with E-state index in [1.165, 1.54) is 45.3 Å². The number of piperidine rings is 1. The Morgan fingerprint density at radius 3 is 2.60 bits per heavy atom. The first-order valence-corrected chi connectivity index (χ1v) is 6.38. The van der Waals surface area contributed by atoms with E-state index < -0.39 is 0 Å². The van der Waals surface area contributed by atoms with E-state index in [9.17, 15) is 0 Å². The summed E-state index contributed by atoms with van der Waals surface area (Å²) in [6, 6.07) is 0. The highest BCUT2D eigenvalue weighted by atomic mass is 15.1. The van der Waals surface area contributed by atoms with Gasteiger partial charge in [-0.15, -0.1) is 0 Å². The van der Waals surface area contributed by atoms with Gasteiger partial charge in [0.25, 0.3) is 0 Å². The molecule has 0 aliphatic carbocycles. The van der Waals surface area contributed by atoms with Crippen LogP contribution in [-0.4, -0.2) is 38.1 Å². The lowest BCUT2D eigenvalue weighted by Gasteiger charge is -2.30. The fraction of sp³-hybridized carbons (Fsp3) is 0.846. The second-order valence-electron chi connectivity index (χ2n) is 4.48. The molecule has 0 saturated carbocycles. The SMILES string of the molecule is CCN1CCC(C/C=C\CCNC)CC1. The summed E-state index contributed by atoms with van der Waals surface area (Å²) in [4.78, 5) is 2.56. The molecular weight excluding hydrogens is 184 g/mol. The third kappa shape index (κ3) is 5.33. The Bertz CT molecular complexity index is 169. The van der Waals surface area contributed by atoms with Gasteiger partial charge < -0.3 is 10.2 Å². The molecule has 0 amide bonds. The predicted molar refractivity (Wildman–Crippen MR) is 67.1 cm³/mol. The van der Waals surface area contributed by atoms with E-state index >= 15 is 0 Å². The third-order valence-corrected chi connectivity index (χ3v) is 3.35. The fourth-order valence-corrected chi connectivity index (χ4v) is 2.17. The molecule has 0 unspecified atom stereocenters. The Morgan fingerprint density at radius 2 is 2.00 bits per heavy atom.